The van der Waals surface area contributed by atoms with Gasteiger partial charge < -0.3 is 16.0 Å². The Morgan fingerprint density at radius 3 is 2.19 bits per heavy atom. The lowest BCUT2D eigenvalue weighted by atomic mass is 10.0. The zero-order chi connectivity index (χ0) is 19.7. The molecule has 3 N–H and O–H groups in total. The van der Waals surface area contributed by atoms with Crippen molar-refractivity contribution >= 4 is 5.69 Å². The van der Waals surface area contributed by atoms with Crippen LogP contribution in [0.15, 0.2) is 66.7 Å². The Labute approximate surface area is 160 Å². The maximum Gasteiger partial charge on any atom is 0.0626 e. The van der Waals surface area contributed by atoms with Gasteiger partial charge in [0.1, 0.15) is 0 Å². The fourth-order valence-corrected chi connectivity index (χ4v) is 2.83. The molecule has 1 aromatic carbocycles. The van der Waals surface area contributed by atoms with Crippen LogP contribution in [0.3, 0.4) is 0 Å². The Kier molecular flexibility index (Phi) is 8.98. The van der Waals surface area contributed by atoms with Gasteiger partial charge in [0.15, 0.2) is 0 Å². The SMILES string of the molecule is C=C=C(C)CCc1ccc(NC(=C)C(C)NC(=C)C(NC)C(C)C)cc1. The molecule has 0 aromatic heterocycles. The molecular weight excluding hydrogens is 318 g/mol. The molecule has 2 atom stereocenters. The molecular formula is C23H35N3. The lowest BCUT2D eigenvalue weighted by molar-refractivity contribution is 0.448. The first-order chi connectivity index (χ1) is 12.3. The largest absolute Gasteiger partial charge is 0.380 e. The van der Waals surface area contributed by atoms with E-state index in [1.165, 1.54) is 11.1 Å². The van der Waals surface area contributed by atoms with Crippen molar-refractivity contribution in [3.05, 3.63) is 72.3 Å². The zero-order valence-electron chi connectivity index (χ0n) is 17.1. The summed E-state index contributed by atoms with van der Waals surface area (Å²) in [7, 11) is 1.96. The van der Waals surface area contributed by atoms with E-state index in [0.717, 1.165) is 29.9 Å². The topological polar surface area (TPSA) is 36.1 Å². The van der Waals surface area contributed by atoms with Gasteiger partial charge in [0.2, 0.25) is 0 Å². The molecule has 0 radical (unpaired) electrons. The number of aryl methyl sites for hydroxylation is 1. The Morgan fingerprint density at radius 1 is 1.08 bits per heavy atom. The molecule has 0 heterocycles. The Morgan fingerprint density at radius 2 is 1.69 bits per heavy atom. The number of hydrogen-bond acceptors (Lipinski definition) is 3. The van der Waals surface area contributed by atoms with Crippen LogP contribution < -0.4 is 16.0 Å². The standard InChI is InChI=1S/C23H35N3/c1-9-17(4)10-11-21-12-14-22(15-13-21)26-19(6)18(5)25-20(7)23(24-8)16(2)3/h12-16,18,23-26H,1,6-7,10-11H2,2-5,8H3. The van der Waals surface area contributed by atoms with Crippen molar-refractivity contribution in [2.75, 3.05) is 12.4 Å². The molecule has 0 saturated heterocycles. The van der Waals surface area contributed by atoms with Crippen LogP contribution in [0.4, 0.5) is 5.69 Å². The summed E-state index contributed by atoms with van der Waals surface area (Å²) >= 11 is 0. The van der Waals surface area contributed by atoms with Crippen molar-refractivity contribution in [1.29, 1.82) is 0 Å². The minimum atomic E-state index is 0.0807. The molecule has 0 fully saturated rings. The lowest BCUT2D eigenvalue weighted by Crippen LogP contribution is -2.41. The van der Waals surface area contributed by atoms with Crippen molar-refractivity contribution in [3.63, 3.8) is 0 Å². The molecule has 0 aliphatic carbocycles. The fraction of sp³-hybridized carbons (Fsp3) is 0.435. The second-order valence-electron chi connectivity index (χ2n) is 7.21. The van der Waals surface area contributed by atoms with Crippen molar-refractivity contribution in [1.82, 2.24) is 10.6 Å². The van der Waals surface area contributed by atoms with Crippen LogP contribution in [-0.2, 0) is 6.42 Å². The van der Waals surface area contributed by atoms with Crippen molar-refractivity contribution in [3.8, 4) is 0 Å². The number of anilines is 1. The summed E-state index contributed by atoms with van der Waals surface area (Å²) < 4.78 is 0. The molecule has 0 saturated carbocycles. The van der Waals surface area contributed by atoms with E-state index in [1.807, 2.05) is 7.05 Å². The van der Waals surface area contributed by atoms with Crippen LogP contribution in [0.25, 0.3) is 0 Å². The van der Waals surface area contributed by atoms with Gasteiger partial charge in [0, 0.05) is 23.1 Å². The van der Waals surface area contributed by atoms with Crippen LogP contribution >= 0.6 is 0 Å². The second kappa shape index (κ2) is 10.7. The predicted molar refractivity (Wildman–Crippen MR) is 115 cm³/mol. The number of hydrogen-bond donors (Lipinski definition) is 3. The summed E-state index contributed by atoms with van der Waals surface area (Å²) in [5, 5.41) is 10.1. The second-order valence-corrected chi connectivity index (χ2v) is 7.21. The molecule has 3 heteroatoms. The van der Waals surface area contributed by atoms with E-state index in [0.29, 0.717) is 5.92 Å². The number of benzene rings is 1. The Balaban J connectivity index is 2.58. The number of rotatable bonds is 11. The highest BCUT2D eigenvalue weighted by Gasteiger charge is 2.17. The van der Waals surface area contributed by atoms with E-state index >= 15 is 0 Å². The van der Waals surface area contributed by atoms with Gasteiger partial charge >= 0.3 is 0 Å². The zero-order valence-corrected chi connectivity index (χ0v) is 17.1. The Bertz CT molecular complexity index is 649. The molecule has 0 amide bonds. The maximum atomic E-state index is 4.18. The minimum Gasteiger partial charge on any atom is -0.380 e. The van der Waals surface area contributed by atoms with Crippen LogP contribution in [-0.4, -0.2) is 19.1 Å². The molecule has 1 aromatic rings. The maximum absolute atomic E-state index is 4.18. The van der Waals surface area contributed by atoms with Crippen LogP contribution in [0.5, 0.6) is 0 Å². The smallest absolute Gasteiger partial charge is 0.0626 e. The molecule has 0 aliphatic heterocycles. The normalized spacial score (nSPS) is 12.8. The lowest BCUT2D eigenvalue weighted by Gasteiger charge is -2.28. The third-order valence-corrected chi connectivity index (χ3v) is 4.63. The van der Waals surface area contributed by atoms with Gasteiger partial charge in [-0.25, -0.2) is 0 Å². The van der Waals surface area contributed by atoms with E-state index < -0.39 is 0 Å². The van der Waals surface area contributed by atoms with E-state index in [9.17, 15) is 0 Å². The number of allylic oxidation sites excluding steroid dienone is 1. The quantitative estimate of drug-likeness (QED) is 0.489. The van der Waals surface area contributed by atoms with Crippen molar-refractivity contribution in [2.24, 2.45) is 5.92 Å². The average Bonchev–Trinajstić information content (AvgIpc) is 2.60. The van der Waals surface area contributed by atoms with Crippen molar-refractivity contribution in [2.45, 2.75) is 52.6 Å². The fourth-order valence-electron chi connectivity index (χ4n) is 2.83. The summed E-state index contributed by atoms with van der Waals surface area (Å²) in [6, 6.07) is 8.81. The van der Waals surface area contributed by atoms with E-state index in [1.54, 1.807) is 0 Å². The molecule has 142 valence electrons. The molecule has 0 bridgehead atoms. The molecule has 0 spiro atoms. The van der Waals surface area contributed by atoms with Crippen molar-refractivity contribution < 1.29 is 0 Å². The van der Waals surface area contributed by atoms with E-state index in [4.69, 9.17) is 0 Å². The first kappa shape index (κ1) is 21.8. The Hall–Kier alpha value is -2.22. The van der Waals surface area contributed by atoms with Gasteiger partial charge in [-0.2, -0.15) is 0 Å². The van der Waals surface area contributed by atoms with Gasteiger partial charge in [-0.05, 0) is 62.9 Å². The monoisotopic (exact) mass is 353 g/mol. The summed E-state index contributed by atoms with van der Waals surface area (Å²) in [6.07, 6.45) is 2.00. The molecule has 0 aliphatic rings. The minimum absolute atomic E-state index is 0.0807. The molecule has 2 unspecified atom stereocenters. The van der Waals surface area contributed by atoms with Gasteiger partial charge in [-0.3, -0.25) is 0 Å². The molecule has 3 nitrogen and oxygen atoms in total. The highest BCUT2D eigenvalue weighted by molar-refractivity contribution is 5.49. The van der Waals surface area contributed by atoms with Gasteiger partial charge in [-0.15, -0.1) is 5.73 Å². The highest BCUT2D eigenvalue weighted by Crippen LogP contribution is 2.16. The average molecular weight is 354 g/mol. The highest BCUT2D eigenvalue weighted by atomic mass is 15.0. The summed E-state index contributed by atoms with van der Waals surface area (Å²) in [5.74, 6) is 0.473. The van der Waals surface area contributed by atoms with E-state index in [2.05, 4.69) is 93.4 Å². The third-order valence-electron chi connectivity index (χ3n) is 4.63. The van der Waals surface area contributed by atoms with Gasteiger partial charge in [0.05, 0.1) is 6.04 Å². The first-order valence-electron chi connectivity index (χ1n) is 9.31. The summed E-state index contributed by atoms with van der Waals surface area (Å²) in [5.41, 5.74) is 8.40. The predicted octanol–water partition coefficient (Wildman–Crippen LogP) is 5.01. The molecule has 26 heavy (non-hydrogen) atoms. The van der Waals surface area contributed by atoms with Crippen LogP contribution in [0.2, 0.25) is 0 Å². The van der Waals surface area contributed by atoms with Crippen LogP contribution in [0, 0.1) is 5.92 Å². The summed E-state index contributed by atoms with van der Waals surface area (Å²) in [6.45, 7) is 20.5. The van der Waals surface area contributed by atoms with E-state index in [-0.39, 0.29) is 12.1 Å². The van der Waals surface area contributed by atoms with Gasteiger partial charge in [0.25, 0.3) is 0 Å². The number of likely N-dealkylation sites (N-methyl/N-ethyl adjacent to an activating group) is 1. The first-order valence-corrected chi connectivity index (χ1v) is 9.31. The van der Waals surface area contributed by atoms with Crippen LogP contribution in [0.1, 0.15) is 39.7 Å². The van der Waals surface area contributed by atoms with Gasteiger partial charge in [-0.1, -0.05) is 45.7 Å². The summed E-state index contributed by atoms with van der Waals surface area (Å²) in [4.78, 5) is 0. The number of nitrogens with one attached hydrogen (secondary N) is 3. The molecule has 1 rings (SSSR count). The third kappa shape index (κ3) is 6.95.